The summed E-state index contributed by atoms with van der Waals surface area (Å²) >= 11 is 0. The van der Waals surface area contributed by atoms with E-state index >= 15 is 0 Å². The van der Waals surface area contributed by atoms with E-state index in [2.05, 4.69) is 30.6 Å². The molecule has 1 aliphatic heterocycles. The lowest BCUT2D eigenvalue weighted by molar-refractivity contribution is -0.739. The lowest BCUT2D eigenvalue weighted by Gasteiger charge is -2.41. The van der Waals surface area contributed by atoms with Crippen molar-refractivity contribution >= 4 is 0 Å². The fraction of sp³-hybridized carbons (Fsp3) is 0.733. The molecule has 1 saturated carbocycles. The third kappa shape index (κ3) is 2.57. The van der Waals surface area contributed by atoms with Gasteiger partial charge in [0.2, 0.25) is 0 Å². The van der Waals surface area contributed by atoms with Crippen molar-refractivity contribution in [3.05, 3.63) is 25.3 Å². The van der Waals surface area contributed by atoms with Gasteiger partial charge in [-0.25, -0.2) is 0 Å². The van der Waals surface area contributed by atoms with Crippen molar-refractivity contribution in [1.29, 1.82) is 0 Å². The van der Waals surface area contributed by atoms with Crippen LogP contribution in [0, 0.1) is 11.8 Å². The van der Waals surface area contributed by atoms with Crippen LogP contribution in [0.15, 0.2) is 25.3 Å². The third-order valence-electron chi connectivity index (χ3n) is 4.60. The zero-order valence-corrected chi connectivity index (χ0v) is 10.4. The second kappa shape index (κ2) is 5.67. The lowest BCUT2D eigenvalue weighted by atomic mass is 9.69. The zero-order chi connectivity index (χ0) is 11.4. The highest BCUT2D eigenvalue weighted by molar-refractivity contribution is 4.89. The first-order valence-electron chi connectivity index (χ1n) is 6.92. The minimum absolute atomic E-state index is 0.821. The molecule has 0 bridgehead atoms. The second-order valence-electron chi connectivity index (χ2n) is 5.60. The van der Waals surface area contributed by atoms with Crippen LogP contribution in [0.5, 0.6) is 0 Å². The average Bonchev–Trinajstić information content (AvgIpc) is 2.30. The van der Waals surface area contributed by atoms with Gasteiger partial charge in [-0.2, -0.15) is 0 Å². The molecule has 16 heavy (non-hydrogen) atoms. The Hall–Kier alpha value is -0.560. The number of quaternary nitrogens is 1. The number of rotatable bonds is 4. The van der Waals surface area contributed by atoms with Gasteiger partial charge < -0.3 is 5.32 Å². The van der Waals surface area contributed by atoms with Crippen LogP contribution in [-0.4, -0.2) is 12.1 Å². The maximum absolute atomic E-state index is 3.91. The minimum Gasteiger partial charge on any atom is -0.341 e. The molecule has 0 aromatic heterocycles. The van der Waals surface area contributed by atoms with Gasteiger partial charge in [0, 0.05) is 18.8 Å². The van der Waals surface area contributed by atoms with Gasteiger partial charge >= 0.3 is 0 Å². The molecule has 0 aromatic rings. The fourth-order valence-corrected chi connectivity index (χ4v) is 3.85. The molecule has 2 fully saturated rings. The Kier molecular flexibility index (Phi) is 4.22. The summed E-state index contributed by atoms with van der Waals surface area (Å²) < 4.78 is 0. The van der Waals surface area contributed by atoms with Crippen LogP contribution in [0.3, 0.4) is 0 Å². The van der Waals surface area contributed by atoms with Gasteiger partial charge in [-0.05, 0) is 38.0 Å². The van der Waals surface area contributed by atoms with Crippen LogP contribution in [0.4, 0.5) is 0 Å². The highest BCUT2D eigenvalue weighted by Crippen LogP contribution is 2.36. The highest BCUT2D eigenvalue weighted by Gasteiger charge is 2.39. The normalized spacial score (nSPS) is 38.8. The Morgan fingerprint density at radius 2 is 1.81 bits per heavy atom. The van der Waals surface area contributed by atoms with E-state index in [-0.39, 0.29) is 0 Å². The van der Waals surface area contributed by atoms with Crippen LogP contribution in [0.25, 0.3) is 0 Å². The number of fused-ring (bicyclic) bond motifs is 1. The van der Waals surface area contributed by atoms with Crippen LogP contribution >= 0.6 is 0 Å². The van der Waals surface area contributed by atoms with E-state index in [1.54, 1.807) is 0 Å². The van der Waals surface area contributed by atoms with Crippen molar-refractivity contribution < 1.29 is 5.32 Å². The van der Waals surface area contributed by atoms with Gasteiger partial charge in [0.15, 0.2) is 0 Å². The topological polar surface area (TPSA) is 16.6 Å². The number of hydrogen-bond acceptors (Lipinski definition) is 0. The van der Waals surface area contributed by atoms with Crippen LogP contribution < -0.4 is 5.32 Å². The summed E-state index contributed by atoms with van der Waals surface area (Å²) in [6.07, 6.45) is 13.8. The molecular formula is C15H26N+. The molecule has 1 heterocycles. The molecule has 2 aliphatic rings. The van der Waals surface area contributed by atoms with Gasteiger partial charge in [0.1, 0.15) is 0 Å². The average molecular weight is 220 g/mol. The first-order chi connectivity index (χ1) is 7.85. The van der Waals surface area contributed by atoms with Gasteiger partial charge in [0.25, 0.3) is 0 Å². The number of allylic oxidation sites excluding steroid dienone is 1. The van der Waals surface area contributed by atoms with E-state index in [1.165, 1.54) is 44.9 Å². The number of piperidine rings is 1. The smallest absolute Gasteiger partial charge is 0.0896 e. The predicted molar refractivity (Wildman–Crippen MR) is 69.2 cm³/mol. The number of hydrogen-bond donors (Lipinski definition) is 1. The van der Waals surface area contributed by atoms with E-state index in [1.807, 2.05) is 0 Å². The molecular weight excluding hydrogens is 194 g/mol. The maximum atomic E-state index is 3.91. The van der Waals surface area contributed by atoms with E-state index in [0.29, 0.717) is 0 Å². The van der Waals surface area contributed by atoms with Crippen molar-refractivity contribution in [3.8, 4) is 0 Å². The molecule has 2 rings (SSSR count). The fourth-order valence-electron chi connectivity index (χ4n) is 3.85. The maximum Gasteiger partial charge on any atom is 0.0896 e. The van der Waals surface area contributed by atoms with Gasteiger partial charge in [-0.3, -0.25) is 0 Å². The highest BCUT2D eigenvalue weighted by atomic mass is 15.0. The Bertz CT molecular complexity index is 246. The third-order valence-corrected chi connectivity index (χ3v) is 4.60. The van der Waals surface area contributed by atoms with E-state index < -0.39 is 0 Å². The standard InChI is InChI=1S/C15H25N/c1-3-6-12-8-5-9-15-14(12)11-10-13(16-15)7-4-2/h3-4,12-16H,1-2,5-11H2/p+1/t12-,13+,14-,15-/m0/s1. The molecule has 2 N–H and O–H groups in total. The Morgan fingerprint density at radius 3 is 2.56 bits per heavy atom. The van der Waals surface area contributed by atoms with Gasteiger partial charge in [-0.15, -0.1) is 13.2 Å². The largest absolute Gasteiger partial charge is 0.341 e. The molecule has 0 aromatic carbocycles. The monoisotopic (exact) mass is 220 g/mol. The van der Waals surface area contributed by atoms with Crippen LogP contribution in [0.2, 0.25) is 0 Å². The molecule has 0 radical (unpaired) electrons. The first-order valence-corrected chi connectivity index (χ1v) is 6.92. The van der Waals surface area contributed by atoms with E-state index in [9.17, 15) is 0 Å². The van der Waals surface area contributed by atoms with E-state index in [0.717, 1.165) is 23.9 Å². The minimum atomic E-state index is 0.821. The summed E-state index contributed by atoms with van der Waals surface area (Å²) in [5.41, 5.74) is 0. The van der Waals surface area contributed by atoms with Crippen molar-refractivity contribution in [3.63, 3.8) is 0 Å². The molecule has 1 heteroatoms. The second-order valence-corrected chi connectivity index (χ2v) is 5.60. The Morgan fingerprint density at radius 1 is 1.00 bits per heavy atom. The van der Waals surface area contributed by atoms with Gasteiger partial charge in [-0.1, -0.05) is 12.2 Å². The SMILES string of the molecule is C=CC[C@@H]1CC[C@H]2[C@@H](CC=C)CCC[C@@H]2[NH2+]1. The summed E-state index contributed by atoms with van der Waals surface area (Å²) in [6, 6.07) is 1.72. The van der Waals surface area contributed by atoms with Crippen LogP contribution in [-0.2, 0) is 0 Å². The van der Waals surface area contributed by atoms with E-state index in [4.69, 9.17) is 0 Å². The summed E-state index contributed by atoms with van der Waals surface area (Å²) in [4.78, 5) is 0. The zero-order valence-electron chi connectivity index (χ0n) is 10.4. The Balaban J connectivity index is 1.93. The molecule has 0 unspecified atom stereocenters. The number of nitrogens with two attached hydrogens (primary N) is 1. The molecule has 0 spiro atoms. The molecule has 4 atom stereocenters. The molecule has 1 saturated heterocycles. The van der Waals surface area contributed by atoms with Crippen LogP contribution in [0.1, 0.15) is 44.9 Å². The summed E-state index contributed by atoms with van der Waals surface area (Å²) in [5, 5.41) is 2.66. The molecule has 90 valence electrons. The quantitative estimate of drug-likeness (QED) is 0.702. The summed E-state index contributed by atoms with van der Waals surface area (Å²) in [6.45, 7) is 7.78. The molecule has 1 aliphatic carbocycles. The predicted octanol–water partition coefficient (Wildman–Crippen LogP) is 2.65. The summed E-state index contributed by atoms with van der Waals surface area (Å²) in [7, 11) is 0. The van der Waals surface area contributed by atoms with Crippen molar-refractivity contribution in [2.75, 3.05) is 0 Å². The Labute approximate surface area is 100 Å². The van der Waals surface area contributed by atoms with Crippen molar-refractivity contribution in [2.24, 2.45) is 11.8 Å². The summed E-state index contributed by atoms with van der Waals surface area (Å²) in [5.74, 6) is 1.89. The molecule has 1 nitrogen and oxygen atoms in total. The van der Waals surface area contributed by atoms with Gasteiger partial charge in [0.05, 0.1) is 12.1 Å². The molecule has 0 amide bonds. The van der Waals surface area contributed by atoms with Crippen molar-refractivity contribution in [1.82, 2.24) is 0 Å². The first kappa shape index (κ1) is 11.9. The lowest BCUT2D eigenvalue weighted by Crippen LogP contribution is -2.98. The van der Waals surface area contributed by atoms with Crippen molar-refractivity contribution in [2.45, 2.75) is 57.0 Å².